The van der Waals surface area contributed by atoms with Gasteiger partial charge in [-0.15, -0.1) is 0 Å². The number of hydrogen-bond donors (Lipinski definition) is 1. The van der Waals surface area contributed by atoms with E-state index in [-0.39, 0.29) is 5.60 Å². The number of para-hydroxylation sites is 1. The van der Waals surface area contributed by atoms with Crippen LogP contribution in [0, 0.1) is 0 Å². The maximum Gasteiger partial charge on any atom is 0.176 e. The van der Waals surface area contributed by atoms with E-state index in [9.17, 15) is 0 Å². The molecular formula is C16H21NO3. The lowest BCUT2D eigenvalue weighted by Crippen LogP contribution is -2.47. The van der Waals surface area contributed by atoms with Crippen molar-refractivity contribution in [2.45, 2.75) is 31.4 Å². The molecule has 0 radical (unpaired) electrons. The van der Waals surface area contributed by atoms with Crippen LogP contribution in [-0.4, -0.2) is 26.4 Å². The Morgan fingerprint density at radius 1 is 1.30 bits per heavy atom. The first kappa shape index (κ1) is 13.5. The van der Waals surface area contributed by atoms with E-state index in [0.717, 1.165) is 41.9 Å². The lowest BCUT2D eigenvalue weighted by Gasteiger charge is -2.40. The molecule has 0 unspecified atom stereocenters. The van der Waals surface area contributed by atoms with Crippen molar-refractivity contribution < 1.29 is 13.9 Å². The molecule has 1 saturated carbocycles. The molecule has 1 N–H and O–H groups in total. The second-order valence-electron chi connectivity index (χ2n) is 5.44. The first-order chi connectivity index (χ1) is 9.76. The summed E-state index contributed by atoms with van der Waals surface area (Å²) in [6.45, 7) is 1.58. The SMILES string of the molecule is COc1cccc2cc(CNCC3(OC)CCC3)oc12. The highest BCUT2D eigenvalue weighted by Crippen LogP contribution is 2.34. The van der Waals surface area contributed by atoms with Crippen molar-refractivity contribution in [2.24, 2.45) is 0 Å². The van der Waals surface area contributed by atoms with E-state index in [2.05, 4.69) is 11.4 Å². The number of rotatable bonds is 6. The average Bonchev–Trinajstić information content (AvgIpc) is 2.84. The summed E-state index contributed by atoms with van der Waals surface area (Å²) in [6.07, 6.45) is 3.55. The molecule has 0 spiro atoms. The van der Waals surface area contributed by atoms with Gasteiger partial charge in [0.1, 0.15) is 5.76 Å². The lowest BCUT2D eigenvalue weighted by atomic mass is 9.80. The number of fused-ring (bicyclic) bond motifs is 1. The fourth-order valence-electron chi connectivity index (χ4n) is 2.78. The van der Waals surface area contributed by atoms with Crippen LogP contribution in [0.4, 0.5) is 0 Å². The summed E-state index contributed by atoms with van der Waals surface area (Å²) in [4.78, 5) is 0. The van der Waals surface area contributed by atoms with Crippen molar-refractivity contribution in [3.8, 4) is 5.75 Å². The van der Waals surface area contributed by atoms with E-state index in [4.69, 9.17) is 13.9 Å². The van der Waals surface area contributed by atoms with Gasteiger partial charge in [0.05, 0.1) is 19.3 Å². The molecule has 1 aromatic heterocycles. The Balaban J connectivity index is 1.66. The number of furan rings is 1. The minimum atomic E-state index is 0.0453. The second-order valence-corrected chi connectivity index (χ2v) is 5.44. The molecule has 0 bridgehead atoms. The maximum absolute atomic E-state index is 5.86. The van der Waals surface area contributed by atoms with Crippen molar-refractivity contribution in [2.75, 3.05) is 20.8 Å². The van der Waals surface area contributed by atoms with Gasteiger partial charge in [-0.3, -0.25) is 0 Å². The van der Waals surface area contributed by atoms with Gasteiger partial charge in [-0.1, -0.05) is 12.1 Å². The summed E-state index contributed by atoms with van der Waals surface area (Å²) >= 11 is 0. The highest BCUT2D eigenvalue weighted by atomic mass is 16.5. The average molecular weight is 275 g/mol. The molecule has 1 heterocycles. The molecular weight excluding hydrogens is 254 g/mol. The predicted molar refractivity (Wildman–Crippen MR) is 78.1 cm³/mol. The molecule has 1 aliphatic carbocycles. The van der Waals surface area contributed by atoms with Gasteiger partial charge < -0.3 is 19.2 Å². The van der Waals surface area contributed by atoms with E-state index in [1.165, 1.54) is 6.42 Å². The van der Waals surface area contributed by atoms with Gasteiger partial charge in [0.25, 0.3) is 0 Å². The van der Waals surface area contributed by atoms with Crippen LogP contribution in [0.2, 0.25) is 0 Å². The van der Waals surface area contributed by atoms with Gasteiger partial charge in [0.2, 0.25) is 0 Å². The summed E-state index contributed by atoms with van der Waals surface area (Å²) in [6, 6.07) is 7.98. The zero-order valence-corrected chi connectivity index (χ0v) is 12.1. The Morgan fingerprint density at radius 2 is 2.15 bits per heavy atom. The Labute approximate surface area is 119 Å². The Kier molecular flexibility index (Phi) is 3.68. The molecule has 1 aromatic carbocycles. The molecule has 4 heteroatoms. The van der Waals surface area contributed by atoms with E-state index in [0.29, 0.717) is 6.54 Å². The molecule has 0 amide bonds. The molecule has 0 aliphatic heterocycles. The van der Waals surface area contributed by atoms with E-state index < -0.39 is 0 Å². The number of benzene rings is 1. The standard InChI is InChI=1S/C16H21NO3/c1-18-14-6-3-5-12-9-13(20-15(12)14)10-17-11-16(19-2)7-4-8-16/h3,5-6,9,17H,4,7-8,10-11H2,1-2H3. The van der Waals surface area contributed by atoms with E-state index in [1.807, 2.05) is 18.2 Å². The van der Waals surface area contributed by atoms with Crippen molar-refractivity contribution in [3.05, 3.63) is 30.0 Å². The smallest absolute Gasteiger partial charge is 0.176 e. The molecule has 1 aliphatic rings. The lowest BCUT2D eigenvalue weighted by molar-refractivity contribution is -0.0697. The van der Waals surface area contributed by atoms with Crippen LogP contribution in [0.1, 0.15) is 25.0 Å². The fraction of sp³-hybridized carbons (Fsp3) is 0.500. The van der Waals surface area contributed by atoms with Gasteiger partial charge in [0.15, 0.2) is 11.3 Å². The highest BCUT2D eigenvalue weighted by Gasteiger charge is 2.36. The van der Waals surface area contributed by atoms with E-state index in [1.54, 1.807) is 14.2 Å². The van der Waals surface area contributed by atoms with Crippen molar-refractivity contribution in [3.63, 3.8) is 0 Å². The third kappa shape index (κ3) is 2.41. The number of nitrogens with one attached hydrogen (secondary N) is 1. The molecule has 4 nitrogen and oxygen atoms in total. The van der Waals surface area contributed by atoms with Crippen LogP contribution in [0.25, 0.3) is 11.0 Å². The summed E-state index contributed by atoms with van der Waals surface area (Å²) in [5.41, 5.74) is 0.862. The minimum absolute atomic E-state index is 0.0453. The predicted octanol–water partition coefficient (Wildman–Crippen LogP) is 3.10. The summed E-state index contributed by atoms with van der Waals surface area (Å²) in [5, 5.41) is 4.51. The summed E-state index contributed by atoms with van der Waals surface area (Å²) < 4.78 is 16.8. The number of methoxy groups -OCH3 is 2. The fourth-order valence-corrected chi connectivity index (χ4v) is 2.78. The summed E-state index contributed by atoms with van der Waals surface area (Å²) in [7, 11) is 3.46. The van der Waals surface area contributed by atoms with Gasteiger partial charge in [-0.05, 0) is 31.4 Å². The molecule has 0 atom stereocenters. The largest absolute Gasteiger partial charge is 0.493 e. The molecule has 2 aromatic rings. The maximum atomic E-state index is 5.86. The van der Waals surface area contributed by atoms with Gasteiger partial charge in [-0.2, -0.15) is 0 Å². The van der Waals surface area contributed by atoms with Crippen LogP contribution in [0.5, 0.6) is 5.75 Å². The molecule has 1 fully saturated rings. The van der Waals surface area contributed by atoms with Crippen LogP contribution >= 0.6 is 0 Å². The quantitative estimate of drug-likeness (QED) is 0.879. The Hall–Kier alpha value is -1.52. The summed E-state index contributed by atoms with van der Waals surface area (Å²) in [5.74, 6) is 1.70. The van der Waals surface area contributed by atoms with Crippen molar-refractivity contribution in [1.82, 2.24) is 5.32 Å². The van der Waals surface area contributed by atoms with Crippen LogP contribution in [0.3, 0.4) is 0 Å². The zero-order valence-electron chi connectivity index (χ0n) is 12.1. The topological polar surface area (TPSA) is 43.6 Å². The third-order valence-electron chi connectivity index (χ3n) is 4.22. The minimum Gasteiger partial charge on any atom is -0.493 e. The molecule has 0 saturated heterocycles. The Bertz CT molecular complexity index is 581. The monoisotopic (exact) mass is 275 g/mol. The number of ether oxygens (including phenoxy) is 2. The van der Waals surface area contributed by atoms with Crippen LogP contribution in [-0.2, 0) is 11.3 Å². The van der Waals surface area contributed by atoms with Gasteiger partial charge in [-0.25, -0.2) is 0 Å². The molecule has 20 heavy (non-hydrogen) atoms. The van der Waals surface area contributed by atoms with Gasteiger partial charge in [0, 0.05) is 19.0 Å². The molecule has 108 valence electrons. The van der Waals surface area contributed by atoms with Crippen LogP contribution < -0.4 is 10.1 Å². The van der Waals surface area contributed by atoms with Gasteiger partial charge >= 0.3 is 0 Å². The van der Waals surface area contributed by atoms with Crippen molar-refractivity contribution >= 4 is 11.0 Å². The van der Waals surface area contributed by atoms with Crippen LogP contribution in [0.15, 0.2) is 28.7 Å². The third-order valence-corrected chi connectivity index (χ3v) is 4.22. The highest BCUT2D eigenvalue weighted by molar-refractivity contribution is 5.83. The normalized spacial score (nSPS) is 17.1. The van der Waals surface area contributed by atoms with Crippen molar-refractivity contribution in [1.29, 1.82) is 0 Å². The first-order valence-electron chi connectivity index (χ1n) is 7.08. The second kappa shape index (κ2) is 5.46. The Morgan fingerprint density at radius 3 is 2.80 bits per heavy atom. The van der Waals surface area contributed by atoms with E-state index >= 15 is 0 Å². The first-order valence-corrected chi connectivity index (χ1v) is 7.08. The molecule has 3 rings (SSSR count). The zero-order chi connectivity index (χ0) is 14.0. The number of hydrogen-bond acceptors (Lipinski definition) is 4.